The Hall–Kier alpha value is -2.70. The van der Waals surface area contributed by atoms with Gasteiger partial charge in [0, 0.05) is 32.4 Å². The highest BCUT2D eigenvalue weighted by molar-refractivity contribution is 5.34. The van der Waals surface area contributed by atoms with Gasteiger partial charge in [0.15, 0.2) is 11.6 Å². The monoisotopic (exact) mass is 389 g/mol. The van der Waals surface area contributed by atoms with Gasteiger partial charge in [-0.3, -0.25) is 14.5 Å². The van der Waals surface area contributed by atoms with Crippen LogP contribution in [0.25, 0.3) is 5.65 Å². The predicted molar refractivity (Wildman–Crippen MR) is 96.3 cm³/mol. The number of hydrogen-bond acceptors (Lipinski definition) is 9. The van der Waals surface area contributed by atoms with E-state index in [9.17, 15) is 9.90 Å². The lowest BCUT2D eigenvalue weighted by Gasteiger charge is -2.27. The molecule has 0 radical (unpaired) electrons. The van der Waals surface area contributed by atoms with Crippen molar-refractivity contribution in [3.63, 3.8) is 0 Å². The first-order chi connectivity index (χ1) is 13.6. The average Bonchev–Trinajstić information content (AvgIpc) is 3.42. The maximum Gasteiger partial charge on any atom is 0.295 e. The van der Waals surface area contributed by atoms with E-state index < -0.39 is 5.54 Å². The Balaban J connectivity index is 1.65. The summed E-state index contributed by atoms with van der Waals surface area (Å²) in [4.78, 5) is 12.2. The Morgan fingerprint density at radius 2 is 2.21 bits per heavy atom. The third-order valence-corrected chi connectivity index (χ3v) is 5.04. The first-order valence-electron chi connectivity index (χ1n) is 9.21. The molecule has 2 unspecified atom stereocenters. The van der Waals surface area contributed by atoms with Gasteiger partial charge >= 0.3 is 0 Å². The van der Waals surface area contributed by atoms with Gasteiger partial charge in [0.1, 0.15) is 5.54 Å². The number of rotatable bonds is 7. The minimum Gasteiger partial charge on any atom is -0.394 e. The van der Waals surface area contributed by atoms with Crippen LogP contribution in [0.2, 0.25) is 0 Å². The Labute approximate surface area is 160 Å². The molecule has 28 heavy (non-hydrogen) atoms. The zero-order valence-electron chi connectivity index (χ0n) is 15.8. The molecule has 2 N–H and O–H groups in total. The molecule has 0 aliphatic carbocycles. The van der Waals surface area contributed by atoms with Crippen LogP contribution in [0, 0.1) is 0 Å². The fourth-order valence-electron chi connectivity index (χ4n) is 3.54. The van der Waals surface area contributed by atoms with Crippen molar-refractivity contribution in [3.8, 4) is 0 Å². The van der Waals surface area contributed by atoms with Crippen LogP contribution >= 0.6 is 0 Å². The molecule has 1 fully saturated rings. The Bertz CT molecular complexity index is 1030. The second-order valence-electron chi connectivity index (χ2n) is 7.01. The third-order valence-electron chi connectivity index (χ3n) is 5.04. The van der Waals surface area contributed by atoms with Crippen molar-refractivity contribution >= 4 is 5.65 Å². The molecule has 1 saturated heterocycles. The van der Waals surface area contributed by atoms with Crippen LogP contribution in [-0.4, -0.2) is 63.8 Å². The molecule has 1 aliphatic rings. The maximum atomic E-state index is 12.2. The van der Waals surface area contributed by atoms with Crippen molar-refractivity contribution in [2.75, 3.05) is 13.2 Å². The Morgan fingerprint density at radius 1 is 1.36 bits per heavy atom. The summed E-state index contributed by atoms with van der Waals surface area (Å²) in [5.41, 5.74) is -0.618. The zero-order chi connectivity index (χ0) is 19.7. The van der Waals surface area contributed by atoms with Crippen molar-refractivity contribution in [1.29, 1.82) is 0 Å². The lowest BCUT2D eigenvalue weighted by molar-refractivity contribution is 0.0542. The number of aromatic nitrogens is 8. The zero-order valence-corrected chi connectivity index (χ0v) is 15.8. The van der Waals surface area contributed by atoms with E-state index in [-0.39, 0.29) is 23.9 Å². The number of nitrogens with zero attached hydrogens (tertiary/aromatic N) is 8. The molecule has 0 amide bonds. The number of aliphatic hydroxyl groups is 1. The molecule has 150 valence electrons. The van der Waals surface area contributed by atoms with Crippen LogP contribution < -0.4 is 10.9 Å². The summed E-state index contributed by atoms with van der Waals surface area (Å²) in [7, 11) is 1.67. The summed E-state index contributed by atoms with van der Waals surface area (Å²) < 4.78 is 10.6. The standard InChI is InChI=1S/C16H23N9O3/c1-3-4-25-15(20-21-22-25)16(7-11(9-26)28-10-16)17-8-12-18-19-13-14(27)23(2)5-6-24(12)13/h5-6,11,17,26H,3-4,7-10H2,1-2H3. The number of ether oxygens (including phenoxy) is 1. The van der Waals surface area contributed by atoms with E-state index in [0.717, 1.165) is 6.42 Å². The van der Waals surface area contributed by atoms with E-state index in [4.69, 9.17) is 4.74 Å². The molecule has 12 heteroatoms. The fourth-order valence-corrected chi connectivity index (χ4v) is 3.54. The van der Waals surface area contributed by atoms with Crippen LogP contribution in [0.1, 0.15) is 31.4 Å². The number of aliphatic hydroxyl groups excluding tert-OH is 1. The van der Waals surface area contributed by atoms with Gasteiger partial charge < -0.3 is 14.4 Å². The molecule has 1 aliphatic heterocycles. The van der Waals surface area contributed by atoms with Gasteiger partial charge in [0.05, 0.1) is 25.9 Å². The van der Waals surface area contributed by atoms with E-state index >= 15 is 0 Å². The van der Waals surface area contributed by atoms with E-state index in [2.05, 4.69) is 38.0 Å². The Morgan fingerprint density at radius 3 is 2.96 bits per heavy atom. The van der Waals surface area contributed by atoms with Crippen LogP contribution in [0.3, 0.4) is 0 Å². The van der Waals surface area contributed by atoms with Crippen LogP contribution in [0.5, 0.6) is 0 Å². The van der Waals surface area contributed by atoms with Crippen molar-refractivity contribution in [1.82, 2.24) is 44.7 Å². The average molecular weight is 389 g/mol. The second-order valence-corrected chi connectivity index (χ2v) is 7.01. The summed E-state index contributed by atoms with van der Waals surface area (Å²) in [5.74, 6) is 1.25. The lowest BCUT2D eigenvalue weighted by Crippen LogP contribution is -2.45. The molecule has 0 saturated carbocycles. The van der Waals surface area contributed by atoms with E-state index in [1.807, 2.05) is 0 Å². The summed E-state index contributed by atoms with van der Waals surface area (Å²) in [5, 5.41) is 33.3. The molecule has 12 nitrogen and oxygen atoms in total. The number of tetrazole rings is 1. The van der Waals surface area contributed by atoms with Gasteiger partial charge in [-0.05, 0) is 16.8 Å². The van der Waals surface area contributed by atoms with Crippen molar-refractivity contribution < 1.29 is 9.84 Å². The summed E-state index contributed by atoms with van der Waals surface area (Å²) >= 11 is 0. The highest BCUT2D eigenvalue weighted by atomic mass is 16.5. The molecule has 3 aromatic rings. The normalized spacial score (nSPS) is 22.3. The van der Waals surface area contributed by atoms with Gasteiger partial charge in [0.25, 0.3) is 5.56 Å². The van der Waals surface area contributed by atoms with Gasteiger partial charge in [-0.25, -0.2) is 4.68 Å². The molecule has 0 bridgehead atoms. The molecular formula is C16H23N9O3. The number of aryl methyl sites for hydroxylation is 2. The van der Waals surface area contributed by atoms with Crippen LogP contribution in [0.4, 0.5) is 0 Å². The smallest absolute Gasteiger partial charge is 0.295 e. The number of hydrogen-bond donors (Lipinski definition) is 2. The van der Waals surface area contributed by atoms with Gasteiger partial charge in [-0.2, -0.15) is 0 Å². The first kappa shape index (κ1) is 18.7. The number of fused-ring (bicyclic) bond motifs is 1. The summed E-state index contributed by atoms with van der Waals surface area (Å²) in [6.07, 6.45) is 4.52. The molecule has 0 spiro atoms. The second kappa shape index (κ2) is 7.37. The largest absolute Gasteiger partial charge is 0.394 e. The molecule has 3 aromatic heterocycles. The van der Waals surface area contributed by atoms with Crippen molar-refractivity contribution in [3.05, 3.63) is 34.4 Å². The Kier molecular flexibility index (Phi) is 4.91. The maximum absolute atomic E-state index is 12.2. The lowest BCUT2D eigenvalue weighted by atomic mass is 9.94. The molecule has 0 aromatic carbocycles. The minimum absolute atomic E-state index is 0.0807. The third kappa shape index (κ3) is 3.08. The highest BCUT2D eigenvalue weighted by Crippen LogP contribution is 2.33. The van der Waals surface area contributed by atoms with Gasteiger partial charge in [-0.1, -0.05) is 6.92 Å². The molecule has 4 rings (SSSR count). The molecule has 4 heterocycles. The van der Waals surface area contributed by atoms with Crippen molar-refractivity contribution in [2.45, 2.75) is 44.5 Å². The minimum atomic E-state index is -0.669. The van der Waals surface area contributed by atoms with Crippen molar-refractivity contribution in [2.24, 2.45) is 7.05 Å². The molecule has 2 atom stereocenters. The van der Waals surface area contributed by atoms with E-state index in [0.29, 0.717) is 37.8 Å². The van der Waals surface area contributed by atoms with E-state index in [1.54, 1.807) is 28.5 Å². The van der Waals surface area contributed by atoms with E-state index in [1.165, 1.54) is 4.57 Å². The first-order valence-corrected chi connectivity index (χ1v) is 9.21. The fraction of sp³-hybridized carbons (Fsp3) is 0.625. The number of nitrogens with one attached hydrogen (secondary N) is 1. The highest BCUT2D eigenvalue weighted by Gasteiger charge is 2.45. The van der Waals surface area contributed by atoms with Gasteiger partial charge in [-0.15, -0.1) is 15.3 Å². The topological polar surface area (TPSA) is 137 Å². The van der Waals surface area contributed by atoms with Crippen LogP contribution in [0.15, 0.2) is 17.2 Å². The SMILES string of the molecule is CCCn1nnnc1C1(NCc2nnc3c(=O)n(C)ccn23)COC(CO)C1. The predicted octanol–water partition coefficient (Wildman–Crippen LogP) is -1.41. The quantitative estimate of drug-likeness (QED) is 0.499. The summed E-state index contributed by atoms with van der Waals surface area (Å²) in [6.45, 7) is 3.30. The van der Waals surface area contributed by atoms with Gasteiger partial charge in [0.2, 0.25) is 5.65 Å². The molecular weight excluding hydrogens is 366 g/mol. The summed E-state index contributed by atoms with van der Waals surface area (Å²) in [6, 6.07) is 0. The van der Waals surface area contributed by atoms with Crippen LogP contribution in [-0.2, 0) is 30.4 Å².